The molecule has 0 aliphatic carbocycles. The molecular formula is C27H20FNO2S. The van der Waals surface area contributed by atoms with Gasteiger partial charge in [0.1, 0.15) is 5.82 Å². The second-order valence-electron chi connectivity index (χ2n) is 7.12. The second-order valence-corrected chi connectivity index (χ2v) is 8.17. The van der Waals surface area contributed by atoms with Crippen molar-refractivity contribution in [3.63, 3.8) is 0 Å². The van der Waals surface area contributed by atoms with Gasteiger partial charge in [0.05, 0.1) is 11.3 Å². The van der Waals surface area contributed by atoms with Gasteiger partial charge in [-0.05, 0) is 41.5 Å². The number of benzene rings is 4. The number of thioether (sulfide) groups is 1. The molecule has 0 aromatic heterocycles. The number of halogens is 1. The molecule has 0 saturated carbocycles. The Labute approximate surface area is 190 Å². The highest BCUT2D eigenvalue weighted by molar-refractivity contribution is 8.00. The third kappa shape index (κ3) is 5.31. The number of Topliss-reactive ketones (excluding diaryl/α,β-unsaturated/α-hetero) is 1. The maximum absolute atomic E-state index is 13.8. The van der Waals surface area contributed by atoms with Crippen LogP contribution in [0.2, 0.25) is 0 Å². The first-order valence-electron chi connectivity index (χ1n) is 10.1. The first-order chi connectivity index (χ1) is 15.6. The summed E-state index contributed by atoms with van der Waals surface area (Å²) in [4.78, 5) is 25.8. The summed E-state index contributed by atoms with van der Waals surface area (Å²) in [6, 6.07) is 30.6. The third-order valence-electron chi connectivity index (χ3n) is 4.89. The smallest absolute Gasteiger partial charge is 0.258 e. The predicted octanol–water partition coefficient (Wildman–Crippen LogP) is 6.72. The van der Waals surface area contributed by atoms with Crippen LogP contribution in [0.1, 0.15) is 20.7 Å². The van der Waals surface area contributed by atoms with Crippen LogP contribution in [0, 0.1) is 5.82 Å². The number of ketones is 1. The van der Waals surface area contributed by atoms with E-state index in [2.05, 4.69) is 5.32 Å². The molecule has 0 bridgehead atoms. The normalized spacial score (nSPS) is 10.5. The van der Waals surface area contributed by atoms with Crippen LogP contribution < -0.4 is 5.32 Å². The fourth-order valence-electron chi connectivity index (χ4n) is 3.22. The van der Waals surface area contributed by atoms with E-state index in [0.717, 1.165) is 16.0 Å². The van der Waals surface area contributed by atoms with Crippen molar-refractivity contribution in [2.75, 3.05) is 11.1 Å². The minimum Gasteiger partial charge on any atom is -0.322 e. The van der Waals surface area contributed by atoms with Gasteiger partial charge in [-0.1, -0.05) is 72.8 Å². The van der Waals surface area contributed by atoms with E-state index in [1.165, 1.54) is 30.0 Å². The van der Waals surface area contributed by atoms with Crippen LogP contribution in [-0.2, 0) is 0 Å². The summed E-state index contributed by atoms with van der Waals surface area (Å²) in [5, 5.41) is 2.70. The van der Waals surface area contributed by atoms with Crippen LogP contribution in [0.3, 0.4) is 0 Å². The summed E-state index contributed by atoms with van der Waals surface area (Å²) in [7, 11) is 0. The van der Waals surface area contributed by atoms with Gasteiger partial charge in [0, 0.05) is 16.1 Å². The largest absolute Gasteiger partial charge is 0.322 e. The number of amides is 1. The Bertz CT molecular complexity index is 1240. The molecule has 5 heteroatoms. The highest BCUT2D eigenvalue weighted by Crippen LogP contribution is 2.24. The summed E-state index contributed by atoms with van der Waals surface area (Å²) in [5.74, 6) is -0.787. The van der Waals surface area contributed by atoms with Gasteiger partial charge >= 0.3 is 0 Å². The van der Waals surface area contributed by atoms with E-state index in [9.17, 15) is 14.0 Å². The Morgan fingerprint density at radius 1 is 0.750 bits per heavy atom. The zero-order chi connectivity index (χ0) is 22.3. The van der Waals surface area contributed by atoms with E-state index in [1.54, 1.807) is 24.3 Å². The standard InChI is InChI=1S/C27H20FNO2S/c28-25-12-5-4-11-24(25)27(31)29-22-9-6-10-23(17-22)32-18-26(30)21-15-13-20(14-16-21)19-7-2-1-3-8-19/h1-17H,18H2,(H,29,31). The molecule has 32 heavy (non-hydrogen) atoms. The van der Waals surface area contributed by atoms with E-state index in [1.807, 2.05) is 60.7 Å². The van der Waals surface area contributed by atoms with Crippen LogP contribution in [0.25, 0.3) is 11.1 Å². The molecular weight excluding hydrogens is 421 g/mol. The summed E-state index contributed by atoms with van der Waals surface area (Å²) < 4.78 is 13.8. The number of anilines is 1. The SMILES string of the molecule is O=C(CSc1cccc(NC(=O)c2ccccc2F)c1)c1ccc(-c2ccccc2)cc1. The van der Waals surface area contributed by atoms with Crippen LogP contribution in [0.5, 0.6) is 0 Å². The number of hydrogen-bond acceptors (Lipinski definition) is 3. The fraction of sp³-hybridized carbons (Fsp3) is 0.0370. The van der Waals surface area contributed by atoms with Gasteiger partial charge in [0.2, 0.25) is 0 Å². The van der Waals surface area contributed by atoms with Crippen molar-refractivity contribution in [3.8, 4) is 11.1 Å². The maximum Gasteiger partial charge on any atom is 0.258 e. The Morgan fingerprint density at radius 3 is 2.19 bits per heavy atom. The Kier molecular flexibility index (Phi) is 6.78. The molecule has 0 aliphatic rings. The summed E-state index contributed by atoms with van der Waals surface area (Å²) in [6.45, 7) is 0. The van der Waals surface area contributed by atoms with Gasteiger partial charge in [-0.3, -0.25) is 9.59 Å². The molecule has 4 rings (SSSR count). The van der Waals surface area contributed by atoms with Crippen LogP contribution in [-0.4, -0.2) is 17.4 Å². The summed E-state index contributed by atoms with van der Waals surface area (Å²) in [6.07, 6.45) is 0. The molecule has 0 spiro atoms. The van der Waals surface area contributed by atoms with E-state index in [4.69, 9.17) is 0 Å². The van der Waals surface area contributed by atoms with Gasteiger partial charge in [-0.15, -0.1) is 11.8 Å². The van der Waals surface area contributed by atoms with Crippen LogP contribution in [0.4, 0.5) is 10.1 Å². The average molecular weight is 442 g/mol. The van der Waals surface area contributed by atoms with E-state index in [0.29, 0.717) is 11.3 Å². The molecule has 158 valence electrons. The van der Waals surface area contributed by atoms with Crippen molar-refractivity contribution in [1.29, 1.82) is 0 Å². The van der Waals surface area contributed by atoms with Crippen LogP contribution in [0.15, 0.2) is 108 Å². The van der Waals surface area contributed by atoms with Gasteiger partial charge in [0.25, 0.3) is 5.91 Å². The Balaban J connectivity index is 1.37. The molecule has 1 amide bonds. The summed E-state index contributed by atoms with van der Waals surface area (Å²) >= 11 is 1.39. The third-order valence-corrected chi connectivity index (χ3v) is 5.89. The lowest BCUT2D eigenvalue weighted by Crippen LogP contribution is -2.13. The van der Waals surface area contributed by atoms with Crippen molar-refractivity contribution in [3.05, 3.63) is 120 Å². The molecule has 4 aromatic carbocycles. The van der Waals surface area contributed by atoms with Gasteiger partial charge in [0.15, 0.2) is 5.78 Å². The Morgan fingerprint density at radius 2 is 1.44 bits per heavy atom. The van der Waals surface area contributed by atoms with Gasteiger partial charge in [-0.2, -0.15) is 0 Å². The van der Waals surface area contributed by atoms with Crippen molar-refractivity contribution >= 4 is 29.1 Å². The molecule has 4 aromatic rings. The van der Waals surface area contributed by atoms with E-state index in [-0.39, 0.29) is 17.1 Å². The highest BCUT2D eigenvalue weighted by Gasteiger charge is 2.12. The number of hydrogen-bond donors (Lipinski definition) is 1. The van der Waals surface area contributed by atoms with Crippen molar-refractivity contribution in [2.24, 2.45) is 0 Å². The molecule has 1 N–H and O–H groups in total. The van der Waals surface area contributed by atoms with Crippen molar-refractivity contribution in [2.45, 2.75) is 4.90 Å². The molecule has 0 unspecified atom stereocenters. The number of nitrogens with one attached hydrogen (secondary N) is 1. The molecule has 0 heterocycles. The Hall–Kier alpha value is -3.70. The number of rotatable bonds is 7. The molecule has 0 atom stereocenters. The zero-order valence-electron chi connectivity index (χ0n) is 17.1. The summed E-state index contributed by atoms with van der Waals surface area (Å²) in [5.41, 5.74) is 3.35. The highest BCUT2D eigenvalue weighted by atomic mass is 32.2. The topological polar surface area (TPSA) is 46.2 Å². The van der Waals surface area contributed by atoms with E-state index < -0.39 is 11.7 Å². The van der Waals surface area contributed by atoms with Crippen LogP contribution >= 0.6 is 11.8 Å². The molecule has 3 nitrogen and oxygen atoms in total. The monoisotopic (exact) mass is 441 g/mol. The second kappa shape index (κ2) is 10.1. The quantitative estimate of drug-likeness (QED) is 0.256. The molecule has 0 saturated heterocycles. The zero-order valence-corrected chi connectivity index (χ0v) is 17.9. The average Bonchev–Trinajstić information content (AvgIpc) is 2.83. The lowest BCUT2D eigenvalue weighted by Gasteiger charge is -2.08. The molecule has 0 radical (unpaired) electrons. The van der Waals surface area contributed by atoms with Gasteiger partial charge < -0.3 is 5.32 Å². The number of carbonyl (C=O) groups excluding carboxylic acids is 2. The molecule has 0 fully saturated rings. The molecule has 0 aliphatic heterocycles. The maximum atomic E-state index is 13.8. The number of carbonyl (C=O) groups is 2. The van der Waals surface area contributed by atoms with Crippen molar-refractivity contribution < 1.29 is 14.0 Å². The van der Waals surface area contributed by atoms with Gasteiger partial charge in [-0.25, -0.2) is 4.39 Å². The lowest BCUT2D eigenvalue weighted by molar-refractivity contribution is 0.101. The van der Waals surface area contributed by atoms with E-state index >= 15 is 0 Å². The first-order valence-corrected chi connectivity index (χ1v) is 11.1. The van der Waals surface area contributed by atoms with Crippen molar-refractivity contribution in [1.82, 2.24) is 0 Å². The minimum atomic E-state index is -0.570. The lowest BCUT2D eigenvalue weighted by atomic mass is 10.0. The first kappa shape index (κ1) is 21.5. The minimum absolute atomic E-state index is 0.0142. The fourth-order valence-corrected chi connectivity index (χ4v) is 4.07. The predicted molar refractivity (Wildman–Crippen MR) is 128 cm³/mol.